The number of piperidine rings is 3. The van der Waals surface area contributed by atoms with Gasteiger partial charge in [-0.05, 0) is 125 Å². The first-order chi connectivity index (χ1) is 35.7. The number of hydrogen-bond donors (Lipinski definition) is 3. The summed E-state index contributed by atoms with van der Waals surface area (Å²) in [6, 6.07) is 15.3. The molecule has 5 aliphatic heterocycles. The fourth-order valence-electron chi connectivity index (χ4n) is 11.6. The molecule has 2 aromatic heterocycles. The minimum absolute atomic E-state index is 0.0947. The Morgan fingerprint density at radius 3 is 2.23 bits per heavy atom. The summed E-state index contributed by atoms with van der Waals surface area (Å²) < 4.78 is 21.3. The molecule has 5 fully saturated rings. The van der Waals surface area contributed by atoms with Crippen LogP contribution in [0, 0.1) is 5.92 Å². The van der Waals surface area contributed by atoms with Crippen LogP contribution in [0.3, 0.4) is 0 Å². The third kappa shape index (κ3) is 10.3. The van der Waals surface area contributed by atoms with E-state index in [0.717, 1.165) is 130 Å². The molecule has 6 aliphatic rings. The van der Waals surface area contributed by atoms with Crippen molar-refractivity contribution in [3.05, 3.63) is 88.8 Å². The monoisotopic (exact) mass is 1040 g/mol. The van der Waals surface area contributed by atoms with Crippen LogP contribution < -0.4 is 35.8 Å². The summed E-state index contributed by atoms with van der Waals surface area (Å²) in [7, 11) is 0.961. The molecule has 1 saturated carbocycles. The zero-order chi connectivity index (χ0) is 51.4. The number of carbonyl (C=O) groups excluding carboxylic acids is 4. The standard InChI is InChI=1S/C54H64ClN12O6P/c1-62-32-36(29-57-62)40-27-44(59-54-56-30-42(55)50(61-54)58-43-10-7-35(34-5-6-34)25-48(43)74(3,4)72)47(73-2)28-46(40)66-23-21-65(22-24-66)37-15-17-63(18-16-37)31-33-13-19-64(20-14-33)38-8-9-39-41(26-38)53(71)67(52(39)70)45-11-12-49(68)60-51(45)69/h7-10,25-30,32-34,37,45H,5-6,11-24,31H2,1-4H3,(H,60,68,69)(H2,56,58,59,61). The second kappa shape index (κ2) is 20.4. The summed E-state index contributed by atoms with van der Waals surface area (Å²) in [5.74, 6) is 0.555. The van der Waals surface area contributed by atoms with Gasteiger partial charge in [-0.2, -0.15) is 10.1 Å². The van der Waals surface area contributed by atoms with Crippen LogP contribution in [0.4, 0.5) is 34.5 Å². The number of rotatable bonds is 14. The van der Waals surface area contributed by atoms with Crippen LogP contribution in [0.2, 0.25) is 5.02 Å². The molecule has 20 heteroatoms. The normalized spacial score (nSPS) is 20.6. The number of imide groups is 2. The predicted molar refractivity (Wildman–Crippen MR) is 288 cm³/mol. The number of fused-ring (bicyclic) bond motifs is 1. The number of nitrogens with zero attached hydrogens (tertiary/aromatic N) is 9. The lowest BCUT2D eigenvalue weighted by molar-refractivity contribution is -0.136. The van der Waals surface area contributed by atoms with Crippen LogP contribution in [0.5, 0.6) is 5.75 Å². The van der Waals surface area contributed by atoms with E-state index in [1.807, 2.05) is 36.3 Å². The molecule has 0 spiro atoms. The minimum atomic E-state index is -2.63. The van der Waals surface area contributed by atoms with E-state index in [2.05, 4.69) is 69.9 Å². The summed E-state index contributed by atoms with van der Waals surface area (Å²) >= 11 is 6.69. The fraction of sp³-hybridized carbons (Fsp3) is 0.463. The first-order valence-corrected chi connectivity index (χ1v) is 28.9. The average Bonchev–Trinajstić information content (AvgIpc) is 4.11. The third-order valence-corrected chi connectivity index (χ3v) is 17.7. The van der Waals surface area contributed by atoms with Crippen LogP contribution in [-0.2, 0) is 21.2 Å². The van der Waals surface area contributed by atoms with E-state index in [0.29, 0.717) is 62.9 Å². The van der Waals surface area contributed by atoms with E-state index >= 15 is 0 Å². The lowest BCUT2D eigenvalue weighted by atomic mass is 9.93. The second-order valence-corrected chi connectivity index (χ2v) is 24.8. The number of amides is 4. The molecular formula is C54H64ClN12O6P. The maximum Gasteiger partial charge on any atom is 0.262 e. The van der Waals surface area contributed by atoms with E-state index < -0.39 is 30.9 Å². The van der Waals surface area contributed by atoms with Crippen molar-refractivity contribution in [1.82, 2.24) is 39.8 Å². The largest absolute Gasteiger partial charge is 0.494 e. The molecule has 74 heavy (non-hydrogen) atoms. The topological polar surface area (TPSA) is 190 Å². The van der Waals surface area contributed by atoms with Crippen molar-refractivity contribution < 1.29 is 28.5 Å². The molecule has 5 aromatic rings. The highest BCUT2D eigenvalue weighted by Crippen LogP contribution is 2.45. The number of aromatic nitrogens is 4. The van der Waals surface area contributed by atoms with Crippen LogP contribution in [-0.4, -0.2) is 150 Å². The van der Waals surface area contributed by atoms with Crippen molar-refractivity contribution in [2.75, 3.05) is 99.8 Å². The Labute approximate surface area is 436 Å². The van der Waals surface area contributed by atoms with E-state index in [-0.39, 0.29) is 18.7 Å². The van der Waals surface area contributed by atoms with Crippen LogP contribution in [0.25, 0.3) is 11.1 Å². The molecule has 4 amide bonds. The third-order valence-electron chi connectivity index (χ3n) is 15.9. The molecule has 0 bridgehead atoms. The summed E-state index contributed by atoms with van der Waals surface area (Å²) in [6.07, 6.45) is 12.4. The Balaban J connectivity index is 0.692. The predicted octanol–water partition coefficient (Wildman–Crippen LogP) is 7.06. The van der Waals surface area contributed by atoms with Crippen molar-refractivity contribution in [2.24, 2.45) is 13.0 Å². The number of aryl methyl sites for hydroxylation is 1. The number of hydrogen-bond acceptors (Lipinski definition) is 15. The number of halogens is 1. The molecule has 11 rings (SSSR count). The molecular weight excluding hydrogens is 979 g/mol. The Hall–Kier alpha value is -6.33. The molecule has 3 aromatic carbocycles. The van der Waals surface area contributed by atoms with Gasteiger partial charge in [0.15, 0.2) is 5.82 Å². The number of nitrogens with one attached hydrogen (secondary N) is 3. The highest BCUT2D eigenvalue weighted by atomic mass is 35.5. The maximum atomic E-state index is 13.5. The van der Waals surface area contributed by atoms with Crippen molar-refractivity contribution in [3.8, 4) is 16.9 Å². The van der Waals surface area contributed by atoms with Crippen molar-refractivity contribution in [2.45, 2.75) is 69.4 Å². The quantitative estimate of drug-likeness (QED) is 0.0757. The summed E-state index contributed by atoms with van der Waals surface area (Å²) in [4.78, 5) is 71.4. The Morgan fingerprint density at radius 2 is 1.54 bits per heavy atom. The smallest absolute Gasteiger partial charge is 0.262 e. The zero-order valence-corrected chi connectivity index (χ0v) is 44.1. The number of anilines is 6. The first-order valence-electron chi connectivity index (χ1n) is 26.0. The lowest BCUT2D eigenvalue weighted by Crippen LogP contribution is -2.54. The van der Waals surface area contributed by atoms with Gasteiger partial charge in [0.2, 0.25) is 17.8 Å². The molecule has 1 atom stereocenters. The van der Waals surface area contributed by atoms with Gasteiger partial charge in [-0.3, -0.25) is 39.0 Å². The molecule has 7 heterocycles. The van der Waals surface area contributed by atoms with Gasteiger partial charge in [0.1, 0.15) is 24.0 Å². The van der Waals surface area contributed by atoms with E-state index in [1.54, 1.807) is 38.8 Å². The lowest BCUT2D eigenvalue weighted by Gasteiger charge is -2.44. The maximum absolute atomic E-state index is 13.5. The van der Waals surface area contributed by atoms with Gasteiger partial charge in [-0.15, -0.1) is 0 Å². The van der Waals surface area contributed by atoms with Gasteiger partial charge < -0.3 is 34.6 Å². The molecule has 18 nitrogen and oxygen atoms in total. The minimum Gasteiger partial charge on any atom is -0.494 e. The van der Waals surface area contributed by atoms with Crippen molar-refractivity contribution in [3.63, 3.8) is 0 Å². The van der Waals surface area contributed by atoms with Gasteiger partial charge in [0, 0.05) is 105 Å². The van der Waals surface area contributed by atoms with E-state index in [4.69, 9.17) is 21.3 Å². The highest BCUT2D eigenvalue weighted by Gasteiger charge is 2.45. The number of ether oxygens (including phenoxy) is 1. The van der Waals surface area contributed by atoms with Crippen molar-refractivity contribution >= 4 is 82.2 Å². The highest BCUT2D eigenvalue weighted by molar-refractivity contribution is 7.70. The molecule has 388 valence electrons. The Kier molecular flexibility index (Phi) is 13.8. The number of carbonyl (C=O) groups is 4. The zero-order valence-electron chi connectivity index (χ0n) is 42.5. The molecule has 4 saturated heterocycles. The van der Waals surface area contributed by atoms with E-state index in [1.165, 1.54) is 5.56 Å². The number of benzene rings is 3. The van der Waals surface area contributed by atoms with Crippen LogP contribution in [0.15, 0.2) is 67.1 Å². The second-order valence-electron chi connectivity index (χ2n) is 21.2. The SMILES string of the molecule is COc1cc(N2CCN(C3CCN(CC4CCN(c5ccc6c(c5)C(=O)N(C5CCC(=O)NC5=O)C6=O)CC4)CC3)CC2)c(-c2cnn(C)c2)cc1Nc1ncc(Cl)c(Nc2ccc(C3CC3)cc2P(C)(C)=O)n1. The molecule has 1 aliphatic carbocycles. The van der Waals surface area contributed by atoms with Crippen LogP contribution in [0.1, 0.15) is 83.6 Å². The number of likely N-dealkylation sites (tertiary alicyclic amines) is 1. The summed E-state index contributed by atoms with van der Waals surface area (Å²) in [5, 5.41) is 14.7. The summed E-state index contributed by atoms with van der Waals surface area (Å²) in [5.41, 5.74) is 7.24. The first kappa shape index (κ1) is 49.9. The number of methoxy groups -OCH3 is 1. The average molecular weight is 1040 g/mol. The fourth-order valence-corrected chi connectivity index (χ4v) is 12.9. The Bertz CT molecular complexity index is 3060. The van der Waals surface area contributed by atoms with Gasteiger partial charge in [-0.25, -0.2) is 4.98 Å². The Morgan fingerprint density at radius 1 is 0.784 bits per heavy atom. The van der Waals surface area contributed by atoms with Gasteiger partial charge in [-0.1, -0.05) is 17.7 Å². The van der Waals surface area contributed by atoms with Gasteiger partial charge in [0.05, 0.1) is 42.0 Å². The molecule has 0 radical (unpaired) electrons. The van der Waals surface area contributed by atoms with Crippen molar-refractivity contribution in [1.29, 1.82) is 0 Å². The van der Waals surface area contributed by atoms with Gasteiger partial charge >= 0.3 is 0 Å². The van der Waals surface area contributed by atoms with Gasteiger partial charge in [0.25, 0.3) is 11.8 Å². The van der Waals surface area contributed by atoms with Crippen LogP contribution >= 0.6 is 18.7 Å². The van der Waals surface area contributed by atoms with E-state index in [9.17, 15) is 23.7 Å². The number of piperazine rings is 1. The molecule has 1 unspecified atom stereocenters. The molecule has 3 N–H and O–H groups in total. The summed E-state index contributed by atoms with van der Waals surface area (Å²) in [6.45, 7) is 12.2.